The standard InChI is InChI=1S/C36H39N9O6/c1-2-3-13-31-37-20-26(45(31)22-24-14-16-25(17-15-24)27-11-7-8-12-28(27)33-40-43-44-41-33)21-38-32(46)19-30(36(49)50)39-34(47)29(35(48)42-51)18-23-9-5-4-6-10-23/h4-12,14-17,20,29-30,51H,2-3,13,18-19,21-22H2,1H3,(H,38,46)(H,39,47)(H,42,48)(H,49,50)(H,40,41,43,44). The minimum atomic E-state index is -1.61. The monoisotopic (exact) mass is 693 g/mol. The molecule has 3 amide bonds. The summed E-state index contributed by atoms with van der Waals surface area (Å²) in [6, 6.07) is 22.9. The van der Waals surface area contributed by atoms with E-state index in [1.165, 1.54) is 5.48 Å². The number of aliphatic carboxylic acids is 1. The molecule has 264 valence electrons. The van der Waals surface area contributed by atoms with Crippen LogP contribution in [0, 0.1) is 5.92 Å². The van der Waals surface area contributed by atoms with Gasteiger partial charge < -0.3 is 20.3 Å². The number of hydroxylamine groups is 1. The number of hydrogen-bond donors (Lipinski definition) is 6. The van der Waals surface area contributed by atoms with Gasteiger partial charge in [-0.1, -0.05) is 92.2 Å². The summed E-state index contributed by atoms with van der Waals surface area (Å²) in [4.78, 5) is 55.0. The second-order valence-corrected chi connectivity index (χ2v) is 11.9. The summed E-state index contributed by atoms with van der Waals surface area (Å²) in [6.07, 6.45) is 3.66. The summed E-state index contributed by atoms with van der Waals surface area (Å²) < 4.78 is 2.04. The molecule has 5 aromatic rings. The Morgan fingerprint density at radius 3 is 2.29 bits per heavy atom. The van der Waals surface area contributed by atoms with E-state index in [2.05, 4.69) is 43.2 Å². The molecule has 5 rings (SSSR count). The predicted octanol–water partition coefficient (Wildman–Crippen LogP) is 3.06. The Bertz CT molecular complexity index is 1930. The van der Waals surface area contributed by atoms with Crippen LogP contribution in [0.25, 0.3) is 22.5 Å². The van der Waals surface area contributed by atoms with Crippen molar-refractivity contribution in [1.82, 2.24) is 46.3 Å². The number of carbonyl (C=O) groups excluding carboxylic acids is 3. The SMILES string of the molecule is CCCCc1ncc(CNC(=O)CC(NC(=O)C(Cc2ccccc2)C(=O)NO)C(=O)O)n1Cc1ccc(-c2ccccc2-c2nn[nH]n2)cc1. The van der Waals surface area contributed by atoms with Gasteiger partial charge in [-0.25, -0.2) is 15.3 Å². The fourth-order valence-electron chi connectivity index (χ4n) is 5.65. The zero-order chi connectivity index (χ0) is 36.2. The number of rotatable bonds is 17. The number of imidazole rings is 1. The third kappa shape index (κ3) is 9.48. The highest BCUT2D eigenvalue weighted by atomic mass is 16.5. The zero-order valence-corrected chi connectivity index (χ0v) is 28.0. The summed E-state index contributed by atoms with van der Waals surface area (Å²) in [6.45, 7) is 2.65. The second kappa shape index (κ2) is 17.4. The second-order valence-electron chi connectivity index (χ2n) is 11.9. The van der Waals surface area contributed by atoms with Crippen LogP contribution < -0.4 is 16.1 Å². The van der Waals surface area contributed by atoms with Crippen LogP contribution in [-0.4, -0.2) is 70.2 Å². The molecule has 0 aliphatic rings. The highest BCUT2D eigenvalue weighted by Crippen LogP contribution is 2.30. The average molecular weight is 694 g/mol. The van der Waals surface area contributed by atoms with Crippen LogP contribution in [0.4, 0.5) is 0 Å². The number of carboxylic acids is 1. The number of tetrazole rings is 1. The van der Waals surface area contributed by atoms with Crippen LogP contribution in [0.15, 0.2) is 85.1 Å². The van der Waals surface area contributed by atoms with Crippen molar-refractivity contribution in [2.75, 3.05) is 0 Å². The molecule has 0 radical (unpaired) electrons. The van der Waals surface area contributed by atoms with Crippen molar-refractivity contribution in [2.24, 2.45) is 5.92 Å². The number of unbranched alkanes of at least 4 members (excludes halogenated alkanes) is 1. The molecule has 0 aliphatic carbocycles. The van der Waals surface area contributed by atoms with Gasteiger partial charge in [-0.3, -0.25) is 19.6 Å². The Hall–Kier alpha value is -6.22. The van der Waals surface area contributed by atoms with Gasteiger partial charge in [-0.15, -0.1) is 10.2 Å². The molecule has 2 aromatic heterocycles. The van der Waals surface area contributed by atoms with Gasteiger partial charge in [-0.05, 0) is 40.3 Å². The lowest BCUT2D eigenvalue weighted by Crippen LogP contribution is -2.49. The van der Waals surface area contributed by atoms with E-state index in [1.807, 2.05) is 53.1 Å². The van der Waals surface area contributed by atoms with Crippen LogP contribution >= 0.6 is 0 Å². The van der Waals surface area contributed by atoms with Crippen LogP contribution in [0.2, 0.25) is 0 Å². The van der Waals surface area contributed by atoms with Gasteiger partial charge in [0, 0.05) is 18.5 Å². The van der Waals surface area contributed by atoms with Crippen molar-refractivity contribution in [2.45, 2.75) is 58.2 Å². The van der Waals surface area contributed by atoms with Crippen LogP contribution in [0.5, 0.6) is 0 Å². The number of carbonyl (C=O) groups is 4. The van der Waals surface area contributed by atoms with Crippen molar-refractivity contribution in [3.63, 3.8) is 0 Å². The molecular formula is C36H39N9O6. The quantitative estimate of drug-likeness (QED) is 0.0475. The summed E-state index contributed by atoms with van der Waals surface area (Å²) in [5, 5.41) is 38.4. The van der Waals surface area contributed by atoms with Gasteiger partial charge in [-0.2, -0.15) is 5.21 Å². The third-order valence-electron chi connectivity index (χ3n) is 8.39. The minimum Gasteiger partial charge on any atom is -0.480 e. The van der Waals surface area contributed by atoms with E-state index in [0.717, 1.165) is 53.0 Å². The number of nitrogens with one attached hydrogen (secondary N) is 4. The number of benzene rings is 3. The Labute approximate surface area is 293 Å². The van der Waals surface area contributed by atoms with Gasteiger partial charge in [0.05, 0.1) is 24.9 Å². The maximum Gasteiger partial charge on any atom is 0.326 e. The van der Waals surface area contributed by atoms with Crippen LogP contribution in [0.1, 0.15) is 48.8 Å². The molecule has 15 nitrogen and oxygen atoms in total. The predicted molar refractivity (Wildman–Crippen MR) is 185 cm³/mol. The van der Waals surface area contributed by atoms with E-state index in [0.29, 0.717) is 17.9 Å². The average Bonchev–Trinajstić information content (AvgIpc) is 3.83. The topological polar surface area (TPSA) is 217 Å². The number of nitrogens with zero attached hydrogens (tertiary/aromatic N) is 5. The molecule has 6 N–H and O–H groups in total. The molecule has 0 aliphatic heterocycles. The molecule has 2 atom stereocenters. The number of aromatic nitrogens is 6. The summed E-state index contributed by atoms with van der Waals surface area (Å²) in [5.41, 5.74) is 6.60. The molecule has 2 unspecified atom stereocenters. The fourth-order valence-corrected chi connectivity index (χ4v) is 5.65. The molecule has 3 aromatic carbocycles. The normalized spacial score (nSPS) is 12.1. The molecule has 0 saturated heterocycles. The number of carboxylic acid groups (broad SMARTS) is 1. The molecule has 0 saturated carbocycles. The van der Waals surface area contributed by atoms with Crippen LogP contribution in [0.3, 0.4) is 0 Å². The molecule has 0 fully saturated rings. The molecule has 15 heteroatoms. The smallest absolute Gasteiger partial charge is 0.326 e. The van der Waals surface area contributed by atoms with Crippen molar-refractivity contribution >= 4 is 23.7 Å². The summed E-state index contributed by atoms with van der Waals surface area (Å²) in [5.74, 6) is -4.08. The van der Waals surface area contributed by atoms with Crippen molar-refractivity contribution in [3.05, 3.63) is 108 Å². The maximum absolute atomic E-state index is 13.0. The van der Waals surface area contributed by atoms with E-state index >= 15 is 0 Å². The van der Waals surface area contributed by atoms with Gasteiger partial charge >= 0.3 is 5.97 Å². The largest absolute Gasteiger partial charge is 0.480 e. The number of aromatic amines is 1. The first-order chi connectivity index (χ1) is 24.8. The van der Waals surface area contributed by atoms with Crippen molar-refractivity contribution in [1.29, 1.82) is 0 Å². The highest BCUT2D eigenvalue weighted by molar-refractivity contribution is 6.01. The van der Waals surface area contributed by atoms with E-state index < -0.39 is 42.1 Å². The molecular weight excluding hydrogens is 654 g/mol. The number of H-pyrrole nitrogens is 1. The first kappa shape index (κ1) is 36.1. The number of hydrogen-bond acceptors (Lipinski definition) is 9. The lowest BCUT2D eigenvalue weighted by atomic mass is 9.97. The summed E-state index contributed by atoms with van der Waals surface area (Å²) >= 11 is 0. The van der Waals surface area contributed by atoms with Gasteiger partial charge in [0.25, 0.3) is 5.91 Å². The van der Waals surface area contributed by atoms with Gasteiger partial charge in [0.1, 0.15) is 17.8 Å². The maximum atomic E-state index is 13.0. The Balaban J connectivity index is 1.25. The third-order valence-corrected chi connectivity index (χ3v) is 8.39. The lowest BCUT2D eigenvalue weighted by Gasteiger charge is -2.19. The minimum absolute atomic E-state index is 0.0674. The van der Waals surface area contributed by atoms with Crippen LogP contribution in [-0.2, 0) is 45.1 Å². The highest BCUT2D eigenvalue weighted by Gasteiger charge is 2.31. The Morgan fingerprint density at radius 1 is 0.902 bits per heavy atom. The number of aryl methyl sites for hydroxylation is 1. The first-order valence-corrected chi connectivity index (χ1v) is 16.5. The number of amides is 3. The summed E-state index contributed by atoms with van der Waals surface area (Å²) in [7, 11) is 0. The van der Waals surface area contributed by atoms with E-state index in [4.69, 9.17) is 0 Å². The van der Waals surface area contributed by atoms with Gasteiger partial charge in [0.2, 0.25) is 17.6 Å². The van der Waals surface area contributed by atoms with Crippen molar-refractivity contribution in [3.8, 4) is 22.5 Å². The molecule has 0 spiro atoms. The Kier molecular flexibility index (Phi) is 12.3. The fraction of sp³-hybridized carbons (Fsp3) is 0.278. The van der Waals surface area contributed by atoms with E-state index in [-0.39, 0.29) is 13.0 Å². The first-order valence-electron chi connectivity index (χ1n) is 16.5. The van der Waals surface area contributed by atoms with Gasteiger partial charge in [0.15, 0.2) is 0 Å². The molecule has 0 bridgehead atoms. The van der Waals surface area contributed by atoms with E-state index in [1.54, 1.807) is 36.5 Å². The molecule has 51 heavy (non-hydrogen) atoms. The Morgan fingerprint density at radius 2 is 1.63 bits per heavy atom. The molecule has 2 heterocycles. The van der Waals surface area contributed by atoms with Crippen molar-refractivity contribution < 1.29 is 29.5 Å². The zero-order valence-electron chi connectivity index (χ0n) is 28.0. The lowest BCUT2D eigenvalue weighted by molar-refractivity contribution is -0.147. The van der Waals surface area contributed by atoms with E-state index in [9.17, 15) is 29.5 Å².